The standard InChI is InChI=1S/C22H19F3N2O3/c23-22(24,25)17-8-6-14(7-9-17)16(10-11-28)12-19(29)18-13-20(30)27-21(26-18)15-4-2-1-3-5-15/h1-9,13,16,28H,10-12H2,(H,26,27,30). The highest BCUT2D eigenvalue weighted by molar-refractivity contribution is 5.95. The first kappa shape index (κ1) is 21.4. The van der Waals surface area contributed by atoms with Gasteiger partial charge < -0.3 is 10.1 Å². The summed E-state index contributed by atoms with van der Waals surface area (Å²) in [6.07, 6.45) is -4.37. The van der Waals surface area contributed by atoms with E-state index in [1.165, 1.54) is 12.1 Å². The Morgan fingerprint density at radius 3 is 2.33 bits per heavy atom. The highest BCUT2D eigenvalue weighted by Gasteiger charge is 2.30. The Balaban J connectivity index is 1.85. The zero-order chi connectivity index (χ0) is 21.7. The number of benzene rings is 2. The first-order chi connectivity index (χ1) is 14.3. The van der Waals surface area contributed by atoms with Gasteiger partial charge >= 0.3 is 6.18 Å². The summed E-state index contributed by atoms with van der Waals surface area (Å²) in [7, 11) is 0. The Kier molecular flexibility index (Phi) is 6.47. The van der Waals surface area contributed by atoms with Gasteiger partial charge in [0.1, 0.15) is 11.5 Å². The summed E-state index contributed by atoms with van der Waals surface area (Å²) in [5, 5.41) is 9.34. The molecule has 0 fully saturated rings. The van der Waals surface area contributed by atoms with Gasteiger partial charge in [0.05, 0.1) is 5.56 Å². The number of carbonyl (C=O) groups is 1. The summed E-state index contributed by atoms with van der Waals surface area (Å²) in [6.45, 7) is -0.239. The number of aromatic nitrogens is 2. The third kappa shape index (κ3) is 5.21. The Hall–Kier alpha value is -3.26. The number of rotatable bonds is 7. The molecule has 3 rings (SSSR count). The van der Waals surface area contributed by atoms with Crippen molar-refractivity contribution in [2.75, 3.05) is 6.61 Å². The second-order valence-corrected chi connectivity index (χ2v) is 6.80. The fourth-order valence-electron chi connectivity index (χ4n) is 3.15. The molecular weight excluding hydrogens is 397 g/mol. The molecule has 0 saturated carbocycles. The number of alkyl halides is 3. The molecule has 0 amide bonds. The lowest BCUT2D eigenvalue weighted by atomic mass is 9.89. The van der Waals surface area contributed by atoms with Crippen LogP contribution in [0.25, 0.3) is 11.4 Å². The van der Waals surface area contributed by atoms with Gasteiger partial charge in [-0.2, -0.15) is 13.2 Å². The fraction of sp³-hybridized carbons (Fsp3) is 0.227. The minimum absolute atomic E-state index is 0.0348. The lowest BCUT2D eigenvalue weighted by Crippen LogP contribution is -2.16. The Morgan fingerprint density at radius 1 is 1.07 bits per heavy atom. The summed E-state index contributed by atoms with van der Waals surface area (Å²) >= 11 is 0. The van der Waals surface area contributed by atoms with Crippen molar-refractivity contribution < 1.29 is 23.1 Å². The van der Waals surface area contributed by atoms with Crippen LogP contribution in [0.5, 0.6) is 0 Å². The number of hydrogen-bond donors (Lipinski definition) is 2. The van der Waals surface area contributed by atoms with E-state index in [2.05, 4.69) is 9.97 Å². The van der Waals surface area contributed by atoms with E-state index in [4.69, 9.17) is 0 Å². The van der Waals surface area contributed by atoms with Gasteiger partial charge in [0.2, 0.25) is 0 Å². The molecule has 1 atom stereocenters. The molecule has 0 saturated heterocycles. The number of aliphatic hydroxyl groups excluding tert-OH is 1. The number of H-pyrrole nitrogens is 1. The van der Waals surface area contributed by atoms with E-state index in [1.807, 2.05) is 0 Å². The molecule has 0 radical (unpaired) electrons. The number of Topliss-reactive ketones (excluding diaryl/α,β-unsaturated/α-hetero) is 1. The third-order valence-corrected chi connectivity index (χ3v) is 4.69. The number of nitrogens with zero attached hydrogens (tertiary/aromatic N) is 1. The molecule has 0 aliphatic heterocycles. The molecule has 1 aromatic heterocycles. The van der Waals surface area contributed by atoms with Crippen LogP contribution in [0.15, 0.2) is 65.5 Å². The van der Waals surface area contributed by atoms with E-state index in [0.29, 0.717) is 11.1 Å². The molecule has 1 unspecified atom stereocenters. The van der Waals surface area contributed by atoms with Crippen molar-refractivity contribution in [1.82, 2.24) is 9.97 Å². The second kappa shape index (κ2) is 9.04. The summed E-state index contributed by atoms with van der Waals surface area (Å²) in [5.74, 6) is -0.692. The van der Waals surface area contributed by atoms with Crippen molar-refractivity contribution in [3.8, 4) is 11.4 Å². The van der Waals surface area contributed by atoms with Gasteiger partial charge in [0.15, 0.2) is 5.78 Å². The van der Waals surface area contributed by atoms with Gasteiger partial charge in [0, 0.05) is 24.7 Å². The molecule has 156 valence electrons. The Labute approximate surface area is 170 Å². The highest BCUT2D eigenvalue weighted by Crippen LogP contribution is 2.32. The van der Waals surface area contributed by atoms with Crippen LogP contribution >= 0.6 is 0 Å². The van der Waals surface area contributed by atoms with Crippen LogP contribution in [0, 0.1) is 0 Å². The zero-order valence-corrected chi connectivity index (χ0v) is 15.8. The van der Waals surface area contributed by atoms with Crippen molar-refractivity contribution in [1.29, 1.82) is 0 Å². The molecule has 5 nitrogen and oxygen atoms in total. The number of carbonyl (C=O) groups excluding carboxylic acids is 1. The van der Waals surface area contributed by atoms with Crippen molar-refractivity contribution in [3.05, 3.63) is 87.8 Å². The predicted molar refractivity (Wildman–Crippen MR) is 105 cm³/mol. The van der Waals surface area contributed by atoms with Gasteiger partial charge in [-0.05, 0) is 30.0 Å². The summed E-state index contributed by atoms with van der Waals surface area (Å²) in [5.41, 5.74) is -0.172. The van der Waals surface area contributed by atoms with Crippen LogP contribution in [0.3, 0.4) is 0 Å². The van der Waals surface area contributed by atoms with Gasteiger partial charge in [-0.3, -0.25) is 9.59 Å². The Morgan fingerprint density at radius 2 is 1.73 bits per heavy atom. The predicted octanol–water partition coefficient (Wildman–Crippen LogP) is 4.19. The SMILES string of the molecule is O=C(CC(CCO)c1ccc(C(F)(F)F)cc1)c1cc(=O)[nH]c(-c2ccccc2)n1. The minimum atomic E-state index is -4.45. The van der Waals surface area contributed by atoms with E-state index >= 15 is 0 Å². The maximum absolute atomic E-state index is 12.8. The van der Waals surface area contributed by atoms with E-state index in [1.54, 1.807) is 30.3 Å². The van der Waals surface area contributed by atoms with Gasteiger partial charge in [-0.15, -0.1) is 0 Å². The molecule has 0 bridgehead atoms. The molecule has 0 aliphatic rings. The number of nitrogens with one attached hydrogen (secondary N) is 1. The van der Waals surface area contributed by atoms with E-state index in [0.717, 1.165) is 18.2 Å². The minimum Gasteiger partial charge on any atom is -0.396 e. The third-order valence-electron chi connectivity index (χ3n) is 4.69. The first-order valence-corrected chi connectivity index (χ1v) is 9.26. The number of hydrogen-bond acceptors (Lipinski definition) is 4. The maximum Gasteiger partial charge on any atom is 0.416 e. The normalized spacial score (nSPS) is 12.5. The fourth-order valence-corrected chi connectivity index (χ4v) is 3.15. The molecule has 3 aromatic rings. The molecule has 1 heterocycles. The monoisotopic (exact) mass is 416 g/mol. The summed E-state index contributed by atoms with van der Waals surface area (Å²) in [4.78, 5) is 31.6. The van der Waals surface area contributed by atoms with Gasteiger partial charge in [-0.25, -0.2) is 4.98 Å². The van der Waals surface area contributed by atoms with Crippen molar-refractivity contribution >= 4 is 5.78 Å². The Bertz CT molecular complexity index is 1060. The van der Waals surface area contributed by atoms with Crippen LogP contribution in [-0.2, 0) is 6.18 Å². The quantitative estimate of drug-likeness (QED) is 0.566. The van der Waals surface area contributed by atoms with Crippen molar-refractivity contribution in [2.24, 2.45) is 0 Å². The summed E-state index contributed by atoms with van der Waals surface area (Å²) in [6, 6.07) is 14.4. The molecule has 0 aliphatic carbocycles. The summed E-state index contributed by atoms with van der Waals surface area (Å²) < 4.78 is 38.3. The van der Waals surface area contributed by atoms with E-state index in [9.17, 15) is 27.9 Å². The van der Waals surface area contributed by atoms with Crippen LogP contribution < -0.4 is 5.56 Å². The average Bonchev–Trinajstić information content (AvgIpc) is 2.73. The lowest BCUT2D eigenvalue weighted by Gasteiger charge is -2.16. The van der Waals surface area contributed by atoms with Gasteiger partial charge in [0.25, 0.3) is 5.56 Å². The van der Waals surface area contributed by atoms with E-state index < -0.39 is 29.0 Å². The number of ketones is 1. The van der Waals surface area contributed by atoms with Crippen LogP contribution in [-0.4, -0.2) is 27.5 Å². The number of aliphatic hydroxyl groups is 1. The molecular formula is C22H19F3N2O3. The number of aromatic amines is 1. The molecule has 8 heteroatoms. The van der Waals surface area contributed by atoms with Crippen molar-refractivity contribution in [3.63, 3.8) is 0 Å². The molecule has 30 heavy (non-hydrogen) atoms. The largest absolute Gasteiger partial charge is 0.416 e. The lowest BCUT2D eigenvalue weighted by molar-refractivity contribution is -0.137. The average molecular weight is 416 g/mol. The molecule has 0 spiro atoms. The van der Waals surface area contributed by atoms with Crippen LogP contribution in [0.2, 0.25) is 0 Å². The zero-order valence-electron chi connectivity index (χ0n) is 15.8. The van der Waals surface area contributed by atoms with Crippen LogP contribution in [0.1, 0.15) is 40.4 Å². The van der Waals surface area contributed by atoms with E-state index in [-0.39, 0.29) is 31.0 Å². The molecule has 2 aromatic carbocycles. The number of halogens is 3. The molecule has 2 N–H and O–H groups in total. The highest BCUT2D eigenvalue weighted by atomic mass is 19.4. The van der Waals surface area contributed by atoms with Crippen LogP contribution in [0.4, 0.5) is 13.2 Å². The second-order valence-electron chi connectivity index (χ2n) is 6.80. The van der Waals surface area contributed by atoms with Gasteiger partial charge in [-0.1, -0.05) is 42.5 Å². The smallest absolute Gasteiger partial charge is 0.396 e. The first-order valence-electron chi connectivity index (χ1n) is 9.26. The van der Waals surface area contributed by atoms with Crippen molar-refractivity contribution in [2.45, 2.75) is 24.9 Å². The topological polar surface area (TPSA) is 83.0 Å². The maximum atomic E-state index is 12.8.